The summed E-state index contributed by atoms with van der Waals surface area (Å²) < 4.78 is 0. The monoisotopic (exact) mass is 237 g/mol. The highest BCUT2D eigenvalue weighted by Gasteiger charge is 2.19. The smallest absolute Gasteiger partial charge is 0.326 e. The molecule has 17 heavy (non-hydrogen) atoms. The number of rotatable bonds is 5. The summed E-state index contributed by atoms with van der Waals surface area (Å²) in [5, 5.41) is 19.9. The molecule has 5 nitrogen and oxygen atoms in total. The Balaban J connectivity index is 2.73. The van der Waals surface area contributed by atoms with Crippen molar-refractivity contribution in [2.24, 2.45) is 0 Å². The zero-order chi connectivity index (χ0) is 12.8. The van der Waals surface area contributed by atoms with Gasteiger partial charge in [-0.05, 0) is 19.1 Å². The van der Waals surface area contributed by atoms with Gasteiger partial charge in [0.15, 0.2) is 0 Å². The van der Waals surface area contributed by atoms with Crippen LogP contribution in [-0.4, -0.2) is 34.7 Å². The standard InChI is InChI=1S/C12H15NO4/c1-8-3-2-4-9(7-8)11(15)13-10(5-6-14)12(16)17/h2-4,7,10,14H,5-6H2,1H3,(H,13,15)(H,16,17)/t10-/m1/s1. The predicted molar refractivity (Wildman–Crippen MR) is 61.8 cm³/mol. The molecule has 1 aromatic carbocycles. The molecule has 0 aliphatic rings. The molecule has 0 aromatic heterocycles. The quantitative estimate of drug-likeness (QED) is 0.698. The Labute approximate surface area is 99.1 Å². The van der Waals surface area contributed by atoms with Crippen molar-refractivity contribution in [3.63, 3.8) is 0 Å². The Morgan fingerprint density at radius 3 is 2.65 bits per heavy atom. The second-order valence-electron chi connectivity index (χ2n) is 3.75. The third kappa shape index (κ3) is 3.88. The minimum atomic E-state index is -1.15. The molecule has 5 heteroatoms. The fraction of sp³-hybridized carbons (Fsp3) is 0.333. The van der Waals surface area contributed by atoms with Crippen LogP contribution in [0.25, 0.3) is 0 Å². The van der Waals surface area contributed by atoms with Crippen molar-refractivity contribution in [3.05, 3.63) is 35.4 Å². The van der Waals surface area contributed by atoms with Gasteiger partial charge in [-0.1, -0.05) is 17.7 Å². The molecule has 92 valence electrons. The van der Waals surface area contributed by atoms with Crippen molar-refractivity contribution in [2.75, 3.05) is 6.61 Å². The van der Waals surface area contributed by atoms with E-state index in [2.05, 4.69) is 5.32 Å². The van der Waals surface area contributed by atoms with Gasteiger partial charge in [0, 0.05) is 18.6 Å². The van der Waals surface area contributed by atoms with Gasteiger partial charge >= 0.3 is 5.97 Å². The number of carboxylic acids is 1. The summed E-state index contributed by atoms with van der Waals surface area (Å²) in [7, 11) is 0. The van der Waals surface area contributed by atoms with Gasteiger partial charge in [0.25, 0.3) is 5.91 Å². The van der Waals surface area contributed by atoms with Gasteiger partial charge in [-0.2, -0.15) is 0 Å². The highest BCUT2D eigenvalue weighted by atomic mass is 16.4. The van der Waals surface area contributed by atoms with E-state index in [1.807, 2.05) is 13.0 Å². The van der Waals surface area contributed by atoms with Crippen LogP contribution in [0.1, 0.15) is 22.3 Å². The van der Waals surface area contributed by atoms with Crippen LogP contribution in [0.15, 0.2) is 24.3 Å². The van der Waals surface area contributed by atoms with E-state index in [-0.39, 0.29) is 13.0 Å². The molecule has 3 N–H and O–H groups in total. The average Bonchev–Trinajstić information content (AvgIpc) is 2.28. The maximum atomic E-state index is 11.7. The van der Waals surface area contributed by atoms with Gasteiger partial charge < -0.3 is 15.5 Å². The number of carboxylic acid groups (broad SMARTS) is 1. The zero-order valence-electron chi connectivity index (χ0n) is 9.51. The van der Waals surface area contributed by atoms with Crippen LogP contribution in [0.4, 0.5) is 0 Å². The number of aliphatic hydroxyl groups excluding tert-OH is 1. The Morgan fingerprint density at radius 1 is 1.41 bits per heavy atom. The van der Waals surface area contributed by atoms with E-state index in [0.717, 1.165) is 5.56 Å². The van der Waals surface area contributed by atoms with Crippen LogP contribution in [0.3, 0.4) is 0 Å². The molecule has 0 saturated heterocycles. The Morgan fingerprint density at radius 2 is 2.12 bits per heavy atom. The lowest BCUT2D eigenvalue weighted by atomic mass is 10.1. The minimum Gasteiger partial charge on any atom is -0.480 e. The maximum Gasteiger partial charge on any atom is 0.326 e. The maximum absolute atomic E-state index is 11.7. The summed E-state index contributed by atoms with van der Waals surface area (Å²) in [4.78, 5) is 22.5. The number of aryl methyl sites for hydroxylation is 1. The zero-order valence-corrected chi connectivity index (χ0v) is 9.51. The molecule has 0 aliphatic heterocycles. The summed E-state index contributed by atoms with van der Waals surface area (Å²) in [6, 6.07) is 5.80. The van der Waals surface area contributed by atoms with Crippen molar-refractivity contribution < 1.29 is 19.8 Å². The van der Waals surface area contributed by atoms with Crippen molar-refractivity contribution in [3.8, 4) is 0 Å². The predicted octanol–water partition coefficient (Wildman–Crippen LogP) is 0.560. The molecule has 0 bridgehead atoms. The van der Waals surface area contributed by atoms with Gasteiger partial charge in [-0.25, -0.2) is 4.79 Å². The van der Waals surface area contributed by atoms with Crippen LogP contribution in [-0.2, 0) is 4.79 Å². The van der Waals surface area contributed by atoms with Gasteiger partial charge in [-0.3, -0.25) is 4.79 Å². The number of nitrogens with one attached hydrogen (secondary N) is 1. The minimum absolute atomic E-state index is 0.00705. The first kappa shape index (κ1) is 13.2. The molecule has 0 heterocycles. The lowest BCUT2D eigenvalue weighted by molar-refractivity contribution is -0.139. The second kappa shape index (κ2) is 6.00. The average molecular weight is 237 g/mol. The number of aliphatic hydroxyl groups is 1. The van der Waals surface area contributed by atoms with E-state index < -0.39 is 17.9 Å². The SMILES string of the molecule is Cc1cccc(C(=O)N[C@H](CCO)C(=O)O)c1. The molecule has 1 rings (SSSR count). The van der Waals surface area contributed by atoms with E-state index in [1.165, 1.54) is 0 Å². The molecular formula is C12H15NO4. The van der Waals surface area contributed by atoms with Crippen LogP contribution in [0.5, 0.6) is 0 Å². The molecule has 0 fully saturated rings. The number of carbonyl (C=O) groups excluding carboxylic acids is 1. The molecule has 0 saturated carbocycles. The van der Waals surface area contributed by atoms with Crippen LogP contribution in [0, 0.1) is 6.92 Å². The Kier molecular flexibility index (Phi) is 4.66. The number of carbonyl (C=O) groups is 2. The number of aliphatic carboxylic acids is 1. The van der Waals surface area contributed by atoms with Crippen molar-refractivity contribution >= 4 is 11.9 Å². The normalized spacial score (nSPS) is 11.9. The van der Waals surface area contributed by atoms with Gasteiger partial charge in [-0.15, -0.1) is 0 Å². The van der Waals surface area contributed by atoms with E-state index in [9.17, 15) is 9.59 Å². The second-order valence-corrected chi connectivity index (χ2v) is 3.75. The van der Waals surface area contributed by atoms with Crippen LogP contribution >= 0.6 is 0 Å². The van der Waals surface area contributed by atoms with Crippen LogP contribution < -0.4 is 5.32 Å². The summed E-state index contributed by atoms with van der Waals surface area (Å²) in [6.07, 6.45) is -0.00705. The number of hydrogen-bond acceptors (Lipinski definition) is 3. The van der Waals surface area contributed by atoms with Gasteiger partial charge in [0.2, 0.25) is 0 Å². The molecule has 1 aromatic rings. The number of amides is 1. The van der Waals surface area contributed by atoms with Gasteiger partial charge in [0.05, 0.1) is 0 Å². The van der Waals surface area contributed by atoms with Crippen molar-refractivity contribution in [1.29, 1.82) is 0 Å². The summed E-state index contributed by atoms with van der Waals surface area (Å²) in [6.45, 7) is 1.56. The highest BCUT2D eigenvalue weighted by molar-refractivity contribution is 5.96. The fourth-order valence-electron chi connectivity index (χ4n) is 1.41. The molecule has 1 atom stereocenters. The first-order valence-electron chi connectivity index (χ1n) is 5.26. The molecular weight excluding hydrogens is 222 g/mol. The van der Waals surface area contributed by atoms with Crippen LogP contribution in [0.2, 0.25) is 0 Å². The Bertz CT molecular complexity index is 417. The molecule has 1 amide bonds. The summed E-state index contributed by atoms with van der Waals surface area (Å²) >= 11 is 0. The van der Waals surface area contributed by atoms with Gasteiger partial charge in [0.1, 0.15) is 6.04 Å². The molecule has 0 radical (unpaired) electrons. The van der Waals surface area contributed by atoms with E-state index in [0.29, 0.717) is 5.56 Å². The number of benzene rings is 1. The molecule has 0 unspecified atom stereocenters. The van der Waals surface area contributed by atoms with Crippen molar-refractivity contribution in [1.82, 2.24) is 5.32 Å². The largest absolute Gasteiger partial charge is 0.480 e. The molecule has 0 aliphatic carbocycles. The first-order chi connectivity index (χ1) is 8.04. The van der Waals surface area contributed by atoms with E-state index in [1.54, 1.807) is 18.2 Å². The fourth-order valence-corrected chi connectivity index (χ4v) is 1.41. The summed E-state index contributed by atoms with van der Waals surface area (Å²) in [5.74, 6) is -1.60. The lowest BCUT2D eigenvalue weighted by Gasteiger charge is -2.13. The van der Waals surface area contributed by atoms with E-state index in [4.69, 9.17) is 10.2 Å². The third-order valence-corrected chi connectivity index (χ3v) is 2.30. The number of hydrogen-bond donors (Lipinski definition) is 3. The molecule has 0 spiro atoms. The first-order valence-corrected chi connectivity index (χ1v) is 5.26. The highest BCUT2D eigenvalue weighted by Crippen LogP contribution is 2.04. The third-order valence-electron chi connectivity index (χ3n) is 2.30. The van der Waals surface area contributed by atoms with E-state index >= 15 is 0 Å². The summed E-state index contributed by atoms with van der Waals surface area (Å²) in [5.41, 5.74) is 1.33. The van der Waals surface area contributed by atoms with Crippen molar-refractivity contribution in [2.45, 2.75) is 19.4 Å². The Hall–Kier alpha value is -1.88. The lowest BCUT2D eigenvalue weighted by Crippen LogP contribution is -2.41. The topological polar surface area (TPSA) is 86.6 Å².